The van der Waals surface area contributed by atoms with Crippen LogP contribution in [0.4, 0.5) is 13.2 Å². The van der Waals surface area contributed by atoms with Crippen LogP contribution in [0, 0.1) is 0 Å². The topological polar surface area (TPSA) is 92.2 Å². The molecule has 1 amide bonds. The van der Waals surface area contributed by atoms with Crippen molar-refractivity contribution in [3.05, 3.63) is 24.0 Å². The highest BCUT2D eigenvalue weighted by Crippen LogP contribution is 2.22. The van der Waals surface area contributed by atoms with Gasteiger partial charge in [0.1, 0.15) is 6.04 Å². The minimum atomic E-state index is -4.84. The molecule has 0 aliphatic heterocycles. The Morgan fingerprint density at radius 1 is 1.39 bits per heavy atom. The molecule has 0 bridgehead atoms. The van der Waals surface area contributed by atoms with Crippen LogP contribution < -0.4 is 5.32 Å². The summed E-state index contributed by atoms with van der Waals surface area (Å²) in [7, 11) is 0. The molecule has 0 radical (unpaired) electrons. The molecule has 0 fully saturated rings. The predicted octanol–water partition coefficient (Wildman–Crippen LogP) is 0.612. The molecule has 1 aromatic heterocycles. The van der Waals surface area contributed by atoms with Crippen molar-refractivity contribution in [1.29, 1.82) is 0 Å². The third-order valence-corrected chi connectivity index (χ3v) is 1.93. The molecule has 0 aliphatic carbocycles. The van der Waals surface area contributed by atoms with E-state index in [1.54, 1.807) is 5.32 Å². The molecule has 0 saturated heterocycles. The Bertz CT molecular complexity index is 436. The number of alkyl halides is 3. The Balaban J connectivity index is 2.78. The molecule has 98 valence electrons. The summed E-state index contributed by atoms with van der Waals surface area (Å²) in [5, 5.41) is 16.6. The highest BCUT2D eigenvalue weighted by atomic mass is 19.4. The van der Waals surface area contributed by atoms with Gasteiger partial charge in [0.25, 0.3) is 5.91 Å². The quantitative estimate of drug-likeness (QED) is 0.830. The molecule has 0 spiro atoms. The van der Waals surface area contributed by atoms with E-state index in [9.17, 15) is 22.8 Å². The molecular formula is C9H8F3N3O3. The molecule has 1 rings (SSSR count). The number of nitrogens with zero attached hydrogens (tertiary/aromatic N) is 2. The second-order valence-electron chi connectivity index (χ2n) is 3.30. The van der Waals surface area contributed by atoms with Gasteiger partial charge in [0, 0.05) is 0 Å². The first-order valence-electron chi connectivity index (χ1n) is 4.67. The van der Waals surface area contributed by atoms with Crippen molar-refractivity contribution >= 4 is 11.9 Å². The predicted molar refractivity (Wildman–Crippen MR) is 51.6 cm³/mol. The number of hydrogen-bond donors (Lipinski definition) is 2. The first kappa shape index (κ1) is 13.9. The molecule has 1 aromatic rings. The summed E-state index contributed by atoms with van der Waals surface area (Å²) in [6.45, 7) is 0. The number of rotatable bonds is 4. The monoisotopic (exact) mass is 263 g/mol. The van der Waals surface area contributed by atoms with Gasteiger partial charge >= 0.3 is 12.1 Å². The average molecular weight is 263 g/mol. The highest BCUT2D eigenvalue weighted by Gasteiger charge is 2.42. The maximum absolute atomic E-state index is 12.5. The largest absolute Gasteiger partial charge is 0.481 e. The van der Waals surface area contributed by atoms with Crippen LogP contribution in [-0.4, -0.2) is 39.4 Å². The van der Waals surface area contributed by atoms with Crippen LogP contribution in [0.1, 0.15) is 16.8 Å². The smallest absolute Gasteiger partial charge is 0.409 e. The molecule has 2 N–H and O–H groups in total. The molecule has 0 aliphatic rings. The van der Waals surface area contributed by atoms with Gasteiger partial charge in [0.2, 0.25) is 0 Å². The van der Waals surface area contributed by atoms with Crippen molar-refractivity contribution in [2.45, 2.75) is 18.6 Å². The van der Waals surface area contributed by atoms with Gasteiger partial charge in [-0.3, -0.25) is 9.59 Å². The summed E-state index contributed by atoms with van der Waals surface area (Å²) in [6.07, 6.45) is -3.97. The lowest BCUT2D eigenvalue weighted by atomic mass is 10.2. The van der Waals surface area contributed by atoms with E-state index in [2.05, 4.69) is 10.2 Å². The van der Waals surface area contributed by atoms with Crippen LogP contribution in [-0.2, 0) is 4.79 Å². The van der Waals surface area contributed by atoms with Gasteiger partial charge in [-0.05, 0) is 6.07 Å². The van der Waals surface area contributed by atoms with Crippen LogP contribution in [0.3, 0.4) is 0 Å². The number of carbonyl (C=O) groups excluding carboxylic acids is 1. The second kappa shape index (κ2) is 5.43. The maximum Gasteiger partial charge on any atom is 0.409 e. The van der Waals surface area contributed by atoms with Crippen molar-refractivity contribution in [3.8, 4) is 0 Å². The van der Waals surface area contributed by atoms with Gasteiger partial charge in [-0.15, -0.1) is 0 Å². The number of carboxylic acids is 1. The Morgan fingerprint density at radius 2 is 2.06 bits per heavy atom. The first-order valence-corrected chi connectivity index (χ1v) is 4.67. The lowest BCUT2D eigenvalue weighted by molar-refractivity contribution is -0.165. The van der Waals surface area contributed by atoms with E-state index in [1.807, 2.05) is 0 Å². The lowest BCUT2D eigenvalue weighted by Crippen LogP contribution is -2.46. The lowest BCUT2D eigenvalue weighted by Gasteiger charge is -2.19. The van der Waals surface area contributed by atoms with Crippen LogP contribution in [0.5, 0.6) is 0 Å². The molecular weight excluding hydrogens is 255 g/mol. The summed E-state index contributed by atoms with van der Waals surface area (Å²) < 4.78 is 37.4. The number of nitrogens with one attached hydrogen (secondary N) is 1. The minimum absolute atomic E-state index is 0.135. The number of halogens is 3. The first-order chi connectivity index (χ1) is 8.30. The molecule has 6 nitrogen and oxygen atoms in total. The van der Waals surface area contributed by atoms with E-state index >= 15 is 0 Å². The van der Waals surface area contributed by atoms with Gasteiger partial charge < -0.3 is 10.4 Å². The van der Waals surface area contributed by atoms with Crippen molar-refractivity contribution < 1.29 is 27.9 Å². The summed E-state index contributed by atoms with van der Waals surface area (Å²) >= 11 is 0. The minimum Gasteiger partial charge on any atom is -0.481 e. The van der Waals surface area contributed by atoms with E-state index in [0.29, 0.717) is 0 Å². The molecule has 1 unspecified atom stereocenters. The molecule has 0 saturated carbocycles. The van der Waals surface area contributed by atoms with Crippen LogP contribution in [0.15, 0.2) is 18.5 Å². The van der Waals surface area contributed by atoms with Crippen molar-refractivity contribution in [3.63, 3.8) is 0 Å². The van der Waals surface area contributed by atoms with Crippen molar-refractivity contribution in [1.82, 2.24) is 15.5 Å². The Kier molecular flexibility index (Phi) is 4.18. The Hall–Kier alpha value is -2.19. The summed E-state index contributed by atoms with van der Waals surface area (Å²) in [6, 6.07) is -1.29. The SMILES string of the molecule is O=C(O)CC(NC(=O)c1ccnnc1)C(F)(F)F. The van der Waals surface area contributed by atoms with E-state index in [4.69, 9.17) is 5.11 Å². The summed E-state index contributed by atoms with van der Waals surface area (Å²) in [4.78, 5) is 21.7. The third kappa shape index (κ3) is 4.00. The zero-order chi connectivity index (χ0) is 13.8. The van der Waals surface area contributed by atoms with Crippen molar-refractivity contribution in [2.24, 2.45) is 0 Å². The highest BCUT2D eigenvalue weighted by molar-refractivity contribution is 5.94. The zero-order valence-corrected chi connectivity index (χ0v) is 8.81. The number of aromatic nitrogens is 2. The molecule has 1 heterocycles. The second-order valence-corrected chi connectivity index (χ2v) is 3.30. The van der Waals surface area contributed by atoms with Gasteiger partial charge in [0.15, 0.2) is 0 Å². The fraction of sp³-hybridized carbons (Fsp3) is 0.333. The number of carboxylic acid groups (broad SMARTS) is 1. The summed E-state index contributed by atoms with van der Waals surface area (Å²) in [5.74, 6) is -2.72. The van der Waals surface area contributed by atoms with E-state index in [0.717, 1.165) is 18.5 Å². The van der Waals surface area contributed by atoms with Crippen LogP contribution in [0.2, 0.25) is 0 Å². The van der Waals surface area contributed by atoms with Crippen LogP contribution >= 0.6 is 0 Å². The molecule has 1 atom stereocenters. The molecule has 9 heteroatoms. The van der Waals surface area contributed by atoms with Gasteiger partial charge in [0.05, 0.1) is 24.4 Å². The normalized spacial score (nSPS) is 12.8. The summed E-state index contributed by atoms with van der Waals surface area (Å²) in [5.41, 5.74) is -0.135. The average Bonchev–Trinajstić information content (AvgIpc) is 2.27. The number of amides is 1. The molecule has 18 heavy (non-hydrogen) atoms. The van der Waals surface area contributed by atoms with E-state index < -0.39 is 30.5 Å². The van der Waals surface area contributed by atoms with Gasteiger partial charge in [-0.25, -0.2) is 0 Å². The van der Waals surface area contributed by atoms with Crippen LogP contribution in [0.25, 0.3) is 0 Å². The van der Waals surface area contributed by atoms with E-state index in [-0.39, 0.29) is 5.56 Å². The number of aliphatic carboxylic acids is 1. The fourth-order valence-corrected chi connectivity index (χ4v) is 1.09. The van der Waals surface area contributed by atoms with Gasteiger partial charge in [-0.2, -0.15) is 23.4 Å². The Morgan fingerprint density at radius 3 is 2.50 bits per heavy atom. The number of hydrogen-bond acceptors (Lipinski definition) is 4. The fourth-order valence-electron chi connectivity index (χ4n) is 1.09. The molecule has 0 aromatic carbocycles. The maximum atomic E-state index is 12.5. The van der Waals surface area contributed by atoms with Gasteiger partial charge in [-0.1, -0.05) is 0 Å². The Labute approximate surface area is 98.8 Å². The third-order valence-electron chi connectivity index (χ3n) is 1.93. The standard InChI is InChI=1S/C9H8F3N3O3/c10-9(11,12)6(3-7(16)17)15-8(18)5-1-2-13-14-4-5/h1-2,4,6H,3H2,(H,15,18)(H,16,17). The zero-order valence-electron chi connectivity index (χ0n) is 8.81. The van der Waals surface area contributed by atoms with Crippen molar-refractivity contribution in [2.75, 3.05) is 0 Å². The number of carbonyl (C=O) groups is 2. The van der Waals surface area contributed by atoms with E-state index in [1.165, 1.54) is 0 Å².